The van der Waals surface area contributed by atoms with Gasteiger partial charge in [0.05, 0.1) is 0 Å². The Morgan fingerprint density at radius 3 is 2.35 bits per heavy atom. The SMILES string of the molecule is Cc1ccccc1-c1nc2cc3ccccc3cc2o1. The monoisotopic (exact) mass is 259 g/mol. The molecule has 1 heterocycles. The topological polar surface area (TPSA) is 26.0 Å². The molecule has 20 heavy (non-hydrogen) atoms. The summed E-state index contributed by atoms with van der Waals surface area (Å²) < 4.78 is 5.93. The highest BCUT2D eigenvalue weighted by Crippen LogP contribution is 2.29. The summed E-state index contributed by atoms with van der Waals surface area (Å²) in [4.78, 5) is 4.63. The number of hydrogen-bond donors (Lipinski definition) is 0. The maximum Gasteiger partial charge on any atom is 0.227 e. The highest BCUT2D eigenvalue weighted by molar-refractivity contribution is 5.94. The van der Waals surface area contributed by atoms with Crippen molar-refractivity contribution >= 4 is 21.9 Å². The van der Waals surface area contributed by atoms with Gasteiger partial charge in [-0.05, 0) is 41.5 Å². The number of rotatable bonds is 1. The number of fused-ring (bicyclic) bond motifs is 2. The molecule has 0 aliphatic carbocycles. The maximum atomic E-state index is 5.93. The lowest BCUT2D eigenvalue weighted by Crippen LogP contribution is -1.81. The van der Waals surface area contributed by atoms with Crippen molar-refractivity contribution in [3.63, 3.8) is 0 Å². The molecule has 0 fully saturated rings. The van der Waals surface area contributed by atoms with Gasteiger partial charge in [0, 0.05) is 5.56 Å². The molecule has 2 nitrogen and oxygen atoms in total. The number of nitrogens with zero attached hydrogens (tertiary/aromatic N) is 1. The van der Waals surface area contributed by atoms with Gasteiger partial charge in [-0.15, -0.1) is 0 Å². The molecule has 0 atom stereocenters. The van der Waals surface area contributed by atoms with Gasteiger partial charge in [0.15, 0.2) is 5.58 Å². The predicted octanol–water partition coefficient (Wildman–Crippen LogP) is 4.96. The van der Waals surface area contributed by atoms with E-state index in [4.69, 9.17) is 4.42 Å². The molecule has 0 bridgehead atoms. The average molecular weight is 259 g/mol. The molecule has 1 aromatic heterocycles. The van der Waals surface area contributed by atoms with Gasteiger partial charge < -0.3 is 4.42 Å². The Morgan fingerprint density at radius 2 is 1.55 bits per heavy atom. The van der Waals surface area contributed by atoms with Crippen molar-refractivity contribution in [1.82, 2.24) is 4.98 Å². The number of oxazole rings is 1. The summed E-state index contributed by atoms with van der Waals surface area (Å²) in [7, 11) is 0. The van der Waals surface area contributed by atoms with E-state index in [1.807, 2.05) is 30.3 Å². The minimum atomic E-state index is 0.688. The van der Waals surface area contributed by atoms with E-state index >= 15 is 0 Å². The molecule has 2 heteroatoms. The summed E-state index contributed by atoms with van der Waals surface area (Å²) in [6.45, 7) is 2.07. The van der Waals surface area contributed by atoms with Crippen molar-refractivity contribution in [2.24, 2.45) is 0 Å². The first-order valence-electron chi connectivity index (χ1n) is 6.66. The van der Waals surface area contributed by atoms with Gasteiger partial charge in [-0.3, -0.25) is 0 Å². The molecule has 3 aromatic carbocycles. The summed E-state index contributed by atoms with van der Waals surface area (Å²) in [6.07, 6.45) is 0. The second-order valence-electron chi connectivity index (χ2n) is 5.00. The highest BCUT2D eigenvalue weighted by Gasteiger charge is 2.10. The number of hydrogen-bond acceptors (Lipinski definition) is 2. The van der Waals surface area contributed by atoms with E-state index < -0.39 is 0 Å². The van der Waals surface area contributed by atoms with Crippen LogP contribution in [-0.2, 0) is 0 Å². The molecular weight excluding hydrogens is 246 g/mol. The third-order valence-electron chi connectivity index (χ3n) is 3.63. The van der Waals surface area contributed by atoms with Crippen molar-refractivity contribution < 1.29 is 4.42 Å². The molecule has 96 valence electrons. The van der Waals surface area contributed by atoms with E-state index in [-0.39, 0.29) is 0 Å². The lowest BCUT2D eigenvalue weighted by molar-refractivity contribution is 0.619. The Morgan fingerprint density at radius 1 is 0.850 bits per heavy atom. The summed E-state index contributed by atoms with van der Waals surface area (Å²) >= 11 is 0. The molecular formula is C18H13NO. The van der Waals surface area contributed by atoms with Crippen molar-refractivity contribution in [3.05, 3.63) is 66.2 Å². The molecule has 0 radical (unpaired) electrons. The maximum absolute atomic E-state index is 5.93. The first kappa shape index (κ1) is 11.2. The normalized spacial score (nSPS) is 11.2. The summed E-state index contributed by atoms with van der Waals surface area (Å²) in [5, 5.41) is 2.36. The zero-order chi connectivity index (χ0) is 13.5. The van der Waals surface area contributed by atoms with E-state index in [9.17, 15) is 0 Å². The molecule has 0 amide bonds. The molecule has 0 saturated heterocycles. The van der Waals surface area contributed by atoms with Crippen LogP contribution < -0.4 is 0 Å². The smallest absolute Gasteiger partial charge is 0.227 e. The third kappa shape index (κ3) is 1.69. The molecule has 4 aromatic rings. The fraction of sp³-hybridized carbons (Fsp3) is 0.0556. The predicted molar refractivity (Wildman–Crippen MR) is 81.7 cm³/mol. The molecule has 0 spiro atoms. The minimum absolute atomic E-state index is 0.688. The summed E-state index contributed by atoms with van der Waals surface area (Å²) in [6, 6.07) is 20.5. The lowest BCUT2D eigenvalue weighted by atomic mass is 10.1. The first-order chi connectivity index (χ1) is 9.81. The number of aryl methyl sites for hydroxylation is 1. The molecule has 4 rings (SSSR count). The van der Waals surface area contributed by atoms with Gasteiger partial charge in [0.1, 0.15) is 5.52 Å². The lowest BCUT2D eigenvalue weighted by Gasteiger charge is -1.98. The van der Waals surface area contributed by atoms with E-state index in [1.54, 1.807) is 0 Å². The second-order valence-corrected chi connectivity index (χ2v) is 5.00. The van der Waals surface area contributed by atoms with E-state index in [2.05, 4.69) is 42.2 Å². The molecule has 0 saturated carbocycles. The fourth-order valence-corrected chi connectivity index (χ4v) is 2.54. The highest BCUT2D eigenvalue weighted by atomic mass is 16.3. The van der Waals surface area contributed by atoms with E-state index in [0.29, 0.717) is 5.89 Å². The summed E-state index contributed by atoms with van der Waals surface area (Å²) in [5.41, 5.74) is 3.96. The average Bonchev–Trinajstić information content (AvgIpc) is 2.87. The van der Waals surface area contributed by atoms with Crippen LogP contribution in [-0.4, -0.2) is 4.98 Å². The van der Waals surface area contributed by atoms with Gasteiger partial charge in [-0.25, -0.2) is 4.98 Å². The van der Waals surface area contributed by atoms with Gasteiger partial charge in [-0.2, -0.15) is 0 Å². The van der Waals surface area contributed by atoms with Crippen LogP contribution in [0.2, 0.25) is 0 Å². The van der Waals surface area contributed by atoms with Crippen LogP contribution in [0.3, 0.4) is 0 Å². The number of benzene rings is 3. The third-order valence-corrected chi connectivity index (χ3v) is 3.63. The largest absolute Gasteiger partial charge is 0.436 e. The summed E-state index contributed by atoms with van der Waals surface area (Å²) in [5.74, 6) is 0.688. The second kappa shape index (κ2) is 4.20. The van der Waals surface area contributed by atoms with Crippen LogP contribution in [0.5, 0.6) is 0 Å². The Labute approximate surface area is 116 Å². The van der Waals surface area contributed by atoms with E-state index in [1.165, 1.54) is 16.3 Å². The molecule has 0 aliphatic rings. The van der Waals surface area contributed by atoms with Crippen LogP contribution in [0, 0.1) is 6.92 Å². The Kier molecular flexibility index (Phi) is 2.36. The van der Waals surface area contributed by atoms with Crippen molar-refractivity contribution in [2.45, 2.75) is 6.92 Å². The van der Waals surface area contributed by atoms with Crippen LogP contribution in [0.15, 0.2) is 65.1 Å². The van der Waals surface area contributed by atoms with Crippen LogP contribution in [0.4, 0.5) is 0 Å². The van der Waals surface area contributed by atoms with E-state index in [0.717, 1.165) is 16.7 Å². The Balaban J connectivity index is 1.99. The minimum Gasteiger partial charge on any atom is -0.436 e. The quantitative estimate of drug-likeness (QED) is 0.483. The van der Waals surface area contributed by atoms with Gasteiger partial charge in [0.25, 0.3) is 0 Å². The van der Waals surface area contributed by atoms with Gasteiger partial charge >= 0.3 is 0 Å². The van der Waals surface area contributed by atoms with Gasteiger partial charge in [0.2, 0.25) is 5.89 Å². The standard InChI is InChI=1S/C18H13NO/c1-12-6-2-5-9-15(12)18-19-16-10-13-7-3-4-8-14(13)11-17(16)20-18/h2-11H,1H3. The van der Waals surface area contributed by atoms with Crippen LogP contribution >= 0.6 is 0 Å². The zero-order valence-electron chi connectivity index (χ0n) is 11.1. The van der Waals surface area contributed by atoms with Crippen molar-refractivity contribution in [1.29, 1.82) is 0 Å². The van der Waals surface area contributed by atoms with Crippen LogP contribution in [0.25, 0.3) is 33.3 Å². The van der Waals surface area contributed by atoms with Crippen molar-refractivity contribution in [3.8, 4) is 11.5 Å². The Hall–Kier alpha value is -2.61. The zero-order valence-corrected chi connectivity index (χ0v) is 11.1. The first-order valence-corrected chi connectivity index (χ1v) is 6.66. The fourth-order valence-electron chi connectivity index (χ4n) is 2.54. The van der Waals surface area contributed by atoms with Crippen LogP contribution in [0.1, 0.15) is 5.56 Å². The molecule has 0 N–H and O–H groups in total. The number of aromatic nitrogens is 1. The van der Waals surface area contributed by atoms with Crippen molar-refractivity contribution in [2.75, 3.05) is 0 Å². The van der Waals surface area contributed by atoms with Gasteiger partial charge in [-0.1, -0.05) is 42.5 Å². The molecule has 0 aliphatic heterocycles. The molecule has 0 unspecified atom stereocenters. The Bertz CT molecular complexity index is 868.